The van der Waals surface area contributed by atoms with Gasteiger partial charge >= 0.3 is 191 Å². The van der Waals surface area contributed by atoms with Crippen LogP contribution in [0.1, 0.15) is 81.1 Å². The second-order valence-corrected chi connectivity index (χ2v) is 18.8. The van der Waals surface area contributed by atoms with Gasteiger partial charge in [0.05, 0.1) is 0 Å². The van der Waals surface area contributed by atoms with Crippen molar-refractivity contribution in [3.63, 3.8) is 0 Å². The van der Waals surface area contributed by atoms with Crippen molar-refractivity contribution >= 4 is 32.1 Å². The number of nitrogens with one attached hydrogen (secondary N) is 1. The summed E-state index contributed by atoms with van der Waals surface area (Å²) in [5, 5.41) is 3.00. The van der Waals surface area contributed by atoms with Crippen molar-refractivity contribution < 1.29 is 22.8 Å². The molecule has 9 heteroatoms. The third-order valence-electron chi connectivity index (χ3n) is 5.61. The Kier molecular flexibility index (Phi) is 14.3. The van der Waals surface area contributed by atoms with Gasteiger partial charge in [0, 0.05) is 0 Å². The minimum atomic E-state index is -3.08. The number of carbonyl (C=O) groups is 1. The molecule has 0 fully saturated rings. The predicted octanol–water partition coefficient (Wildman–Crippen LogP) is 6.36. The standard InChI is InChI=1S/C21H47ClNO5PSi/c1-9-16-29(22,17-10-2,18-11-3)19(8)28-21(24)23-20(12-4)30(25-13-5,26-14-6)27-15-7/h19-20H,9-18H2,1-8H3,(H,23,24). The summed E-state index contributed by atoms with van der Waals surface area (Å²) in [6, 6.07) is 0. The van der Waals surface area contributed by atoms with Crippen LogP contribution in [-0.4, -0.2) is 64.7 Å². The molecular formula is C21H47ClNO5PSi. The summed E-state index contributed by atoms with van der Waals surface area (Å²) in [5.41, 5.74) is -0.373. The summed E-state index contributed by atoms with van der Waals surface area (Å²) in [6.07, 6.45) is 5.90. The van der Waals surface area contributed by atoms with Crippen LogP contribution in [0.5, 0.6) is 0 Å². The van der Waals surface area contributed by atoms with E-state index in [1.807, 2.05) is 34.6 Å². The molecule has 0 spiro atoms. The van der Waals surface area contributed by atoms with E-state index in [1.165, 1.54) is 0 Å². The number of halogens is 1. The number of carbonyl (C=O) groups excluding carboxylic acids is 1. The summed E-state index contributed by atoms with van der Waals surface area (Å²) < 4.78 is 23.9. The Hall–Kier alpha value is 0.0869. The van der Waals surface area contributed by atoms with Crippen molar-refractivity contribution in [3.05, 3.63) is 0 Å². The van der Waals surface area contributed by atoms with Gasteiger partial charge in [-0.25, -0.2) is 0 Å². The van der Waals surface area contributed by atoms with Crippen molar-refractivity contribution in [2.75, 3.05) is 38.3 Å². The summed E-state index contributed by atoms with van der Waals surface area (Å²) in [4.78, 5) is 13.0. The van der Waals surface area contributed by atoms with E-state index in [1.54, 1.807) is 0 Å². The molecule has 0 rings (SSSR count). The number of amides is 1. The third kappa shape index (κ3) is 7.90. The number of hydrogen-bond donors (Lipinski definition) is 1. The Bertz CT molecular complexity index is 457. The molecule has 0 aromatic carbocycles. The average molecular weight is 488 g/mol. The molecule has 2 atom stereocenters. The number of hydrogen-bond acceptors (Lipinski definition) is 5. The molecule has 0 aromatic rings. The van der Waals surface area contributed by atoms with Crippen LogP contribution in [0.3, 0.4) is 0 Å². The Labute approximate surface area is 191 Å². The second kappa shape index (κ2) is 14.3. The van der Waals surface area contributed by atoms with Gasteiger partial charge in [-0.1, -0.05) is 0 Å². The van der Waals surface area contributed by atoms with Crippen LogP contribution in [0.25, 0.3) is 0 Å². The SMILES string of the molecule is CCCP(Cl)(CCC)(CCC)C(C)OC(=O)NC(CC)[Si](OCC)(OCC)OCC. The second-order valence-electron chi connectivity index (χ2n) is 7.86. The van der Waals surface area contributed by atoms with Crippen LogP contribution in [-0.2, 0) is 18.0 Å². The van der Waals surface area contributed by atoms with E-state index in [0.717, 1.165) is 37.7 Å². The van der Waals surface area contributed by atoms with Gasteiger partial charge in [-0.15, -0.1) is 0 Å². The van der Waals surface area contributed by atoms with Crippen molar-refractivity contribution in [1.82, 2.24) is 5.32 Å². The molecule has 6 nitrogen and oxygen atoms in total. The van der Waals surface area contributed by atoms with Crippen molar-refractivity contribution in [3.8, 4) is 0 Å². The van der Waals surface area contributed by atoms with Gasteiger partial charge in [-0.05, 0) is 0 Å². The third-order valence-corrected chi connectivity index (χ3v) is 17.9. The average Bonchev–Trinajstić information content (AvgIpc) is 2.67. The summed E-state index contributed by atoms with van der Waals surface area (Å²) >= 11 is 7.46. The van der Waals surface area contributed by atoms with E-state index in [4.69, 9.17) is 29.3 Å². The van der Waals surface area contributed by atoms with E-state index < -0.39 is 20.9 Å². The first kappa shape index (κ1) is 30.1. The minimum absolute atomic E-state index is 0.308. The van der Waals surface area contributed by atoms with E-state index in [0.29, 0.717) is 26.2 Å². The van der Waals surface area contributed by atoms with E-state index in [9.17, 15) is 4.79 Å². The Morgan fingerprint density at radius 3 is 1.57 bits per heavy atom. The van der Waals surface area contributed by atoms with E-state index in [2.05, 4.69) is 26.1 Å². The molecule has 0 heterocycles. The maximum atomic E-state index is 13.0. The van der Waals surface area contributed by atoms with Crippen LogP contribution >= 0.6 is 17.2 Å². The van der Waals surface area contributed by atoms with E-state index >= 15 is 0 Å². The van der Waals surface area contributed by atoms with Crippen LogP contribution in [0.2, 0.25) is 0 Å². The number of alkyl carbamates (subject to hydrolysis) is 1. The summed E-state index contributed by atoms with van der Waals surface area (Å²) in [5.74, 6) is -3.01. The molecule has 30 heavy (non-hydrogen) atoms. The van der Waals surface area contributed by atoms with Crippen LogP contribution < -0.4 is 5.32 Å². The van der Waals surface area contributed by atoms with Crippen LogP contribution in [0.4, 0.5) is 4.79 Å². The zero-order chi connectivity index (χ0) is 23.3. The monoisotopic (exact) mass is 487 g/mol. The normalized spacial score (nSPS) is 15.8. The zero-order valence-electron chi connectivity index (χ0n) is 20.6. The fraction of sp³-hybridized carbons (Fsp3) is 0.952. The molecule has 0 saturated carbocycles. The maximum absolute atomic E-state index is 13.0. The first-order valence-electron chi connectivity index (χ1n) is 11.8. The van der Waals surface area contributed by atoms with Crippen molar-refractivity contribution in [2.45, 2.75) is 92.6 Å². The molecule has 2 unspecified atom stereocenters. The van der Waals surface area contributed by atoms with Crippen LogP contribution in [0, 0.1) is 0 Å². The fourth-order valence-electron chi connectivity index (χ4n) is 4.40. The number of ether oxygens (including phenoxy) is 1. The van der Waals surface area contributed by atoms with Gasteiger partial charge in [0.15, 0.2) is 0 Å². The predicted molar refractivity (Wildman–Crippen MR) is 132 cm³/mol. The first-order chi connectivity index (χ1) is 14.1. The Balaban J connectivity index is 5.62. The summed E-state index contributed by atoms with van der Waals surface area (Å²) in [7, 11) is -3.08. The molecule has 0 aliphatic heterocycles. The van der Waals surface area contributed by atoms with Gasteiger partial charge in [-0.2, -0.15) is 0 Å². The topological polar surface area (TPSA) is 66.0 Å². The quantitative estimate of drug-likeness (QED) is 0.191. The molecular weight excluding hydrogens is 441 g/mol. The van der Waals surface area contributed by atoms with Crippen molar-refractivity contribution in [2.24, 2.45) is 0 Å². The van der Waals surface area contributed by atoms with Gasteiger partial charge in [0.2, 0.25) is 0 Å². The first-order valence-corrected chi connectivity index (χ1v) is 17.3. The van der Waals surface area contributed by atoms with Gasteiger partial charge in [0.1, 0.15) is 0 Å². The molecule has 0 aliphatic carbocycles. The van der Waals surface area contributed by atoms with Crippen LogP contribution in [0.15, 0.2) is 0 Å². The Morgan fingerprint density at radius 1 is 0.867 bits per heavy atom. The van der Waals surface area contributed by atoms with Gasteiger partial charge in [0.25, 0.3) is 0 Å². The van der Waals surface area contributed by atoms with E-state index in [-0.39, 0.29) is 11.5 Å². The molecule has 182 valence electrons. The molecule has 1 amide bonds. The Morgan fingerprint density at radius 2 is 1.27 bits per heavy atom. The molecule has 0 saturated heterocycles. The molecule has 1 N–H and O–H groups in total. The molecule has 0 radical (unpaired) electrons. The number of rotatable bonds is 17. The van der Waals surface area contributed by atoms with Crippen molar-refractivity contribution in [1.29, 1.82) is 0 Å². The molecule has 0 aliphatic rings. The summed E-state index contributed by atoms with van der Waals surface area (Å²) in [6.45, 7) is 17.5. The fourth-order valence-corrected chi connectivity index (χ4v) is 14.2. The molecule has 0 bridgehead atoms. The van der Waals surface area contributed by atoms with Gasteiger partial charge in [-0.3, -0.25) is 0 Å². The zero-order valence-corrected chi connectivity index (χ0v) is 23.2. The van der Waals surface area contributed by atoms with Gasteiger partial charge < -0.3 is 0 Å². The molecule has 0 aromatic heterocycles.